The topological polar surface area (TPSA) is 23.5 Å². The van der Waals surface area contributed by atoms with Crippen LogP contribution in [0.1, 0.15) is 22.3 Å². The third-order valence-electron chi connectivity index (χ3n) is 5.53. The van der Waals surface area contributed by atoms with Gasteiger partial charge in [-0.25, -0.2) is 0 Å². The van der Waals surface area contributed by atoms with Gasteiger partial charge in [-0.1, -0.05) is 60.7 Å². The molecule has 0 saturated carbocycles. The van der Waals surface area contributed by atoms with E-state index in [1.54, 1.807) is 19.1 Å². The van der Waals surface area contributed by atoms with Crippen molar-refractivity contribution in [2.75, 3.05) is 11.4 Å². The Balaban J connectivity index is 2.07. The fraction of sp³-hybridized carbons (Fsp3) is 0.280. The summed E-state index contributed by atoms with van der Waals surface area (Å²) in [5.41, 5.74) is -4.34. The Morgan fingerprint density at radius 2 is 1.29 bits per heavy atom. The van der Waals surface area contributed by atoms with Crippen LogP contribution in [0.4, 0.5) is 40.8 Å². The van der Waals surface area contributed by atoms with Gasteiger partial charge < -0.3 is 10.0 Å². The highest BCUT2D eigenvalue weighted by atomic mass is 19.4. The van der Waals surface area contributed by atoms with Gasteiger partial charge in [-0.3, -0.25) is 0 Å². The van der Waals surface area contributed by atoms with Crippen molar-refractivity contribution in [3.05, 3.63) is 101 Å². The van der Waals surface area contributed by atoms with Gasteiger partial charge in [0.25, 0.3) is 0 Å². The highest BCUT2D eigenvalue weighted by Gasteiger charge is 2.59. The summed E-state index contributed by atoms with van der Waals surface area (Å²) >= 11 is 0. The van der Waals surface area contributed by atoms with Gasteiger partial charge in [0.2, 0.25) is 5.60 Å². The predicted octanol–water partition coefficient (Wildman–Crippen LogP) is 7.11. The number of anilines is 1. The smallest absolute Gasteiger partial charge is 0.375 e. The van der Waals surface area contributed by atoms with Crippen LogP contribution in [0, 0.1) is 6.92 Å². The molecule has 2 nitrogen and oxygen atoms in total. The van der Waals surface area contributed by atoms with Crippen LogP contribution in [0.25, 0.3) is 0 Å². The maximum Gasteiger partial charge on any atom is 0.458 e. The first-order valence-corrected chi connectivity index (χ1v) is 10.4. The number of halogens is 8. The zero-order valence-electron chi connectivity index (χ0n) is 18.3. The second kappa shape index (κ2) is 9.49. The van der Waals surface area contributed by atoms with Crippen molar-refractivity contribution in [2.45, 2.75) is 37.3 Å². The van der Waals surface area contributed by atoms with E-state index in [-0.39, 0.29) is 11.3 Å². The summed E-state index contributed by atoms with van der Waals surface area (Å²) in [7, 11) is 0. The van der Waals surface area contributed by atoms with E-state index in [2.05, 4.69) is 0 Å². The lowest BCUT2D eigenvalue weighted by Gasteiger charge is -2.37. The van der Waals surface area contributed by atoms with Crippen molar-refractivity contribution in [3.8, 4) is 0 Å². The first-order valence-electron chi connectivity index (χ1n) is 10.4. The Labute approximate surface area is 196 Å². The normalized spacial score (nSPS) is 14.5. The molecule has 0 aliphatic rings. The Morgan fingerprint density at radius 1 is 0.686 bits per heavy atom. The van der Waals surface area contributed by atoms with Gasteiger partial charge in [-0.2, -0.15) is 35.1 Å². The van der Waals surface area contributed by atoms with Gasteiger partial charge in [0.05, 0.1) is 6.54 Å². The largest absolute Gasteiger partial charge is 0.458 e. The summed E-state index contributed by atoms with van der Waals surface area (Å²) in [5, 5.41) is 10.9. The van der Waals surface area contributed by atoms with Crippen LogP contribution in [-0.2, 0) is 18.1 Å². The lowest BCUT2D eigenvalue weighted by molar-refractivity contribution is -0.289. The second-order valence-corrected chi connectivity index (χ2v) is 8.19. The van der Waals surface area contributed by atoms with Gasteiger partial charge in [0.1, 0.15) is 0 Å². The van der Waals surface area contributed by atoms with Crippen LogP contribution in [0.5, 0.6) is 0 Å². The summed E-state index contributed by atoms with van der Waals surface area (Å²) in [6.45, 7) is 0.166. The Hall–Kier alpha value is -3.14. The molecule has 0 bridgehead atoms. The molecule has 0 aromatic heterocycles. The molecule has 10 heteroatoms. The highest BCUT2D eigenvalue weighted by Crippen LogP contribution is 2.44. The minimum atomic E-state index is -5.84. The molecule has 3 rings (SSSR count). The number of hydrogen-bond acceptors (Lipinski definition) is 2. The molecule has 1 N–H and O–H groups in total. The summed E-state index contributed by atoms with van der Waals surface area (Å²) in [6.07, 6.45) is -11.0. The van der Waals surface area contributed by atoms with Gasteiger partial charge in [0, 0.05) is 17.8 Å². The van der Waals surface area contributed by atoms with E-state index in [4.69, 9.17) is 0 Å². The lowest BCUT2D eigenvalue weighted by atomic mass is 9.91. The SMILES string of the molecule is Cc1cccc(N(Cc2cccc(C(F)(F)C(F)(F)F)c2)CC(O)(c2ccccc2)C(F)(F)F)c1. The summed E-state index contributed by atoms with van der Waals surface area (Å²) in [5.74, 6) is -5.14. The van der Waals surface area contributed by atoms with E-state index in [0.29, 0.717) is 17.7 Å². The molecule has 0 heterocycles. The van der Waals surface area contributed by atoms with E-state index in [1.807, 2.05) is 0 Å². The van der Waals surface area contributed by atoms with Crippen molar-refractivity contribution < 1.29 is 40.2 Å². The monoisotopic (exact) mass is 503 g/mol. The molecule has 0 amide bonds. The van der Waals surface area contributed by atoms with Crippen molar-refractivity contribution in [1.82, 2.24) is 0 Å². The minimum absolute atomic E-state index is 0.0921. The molecular formula is C25H21F8NO. The van der Waals surface area contributed by atoms with Gasteiger partial charge in [-0.05, 0) is 41.8 Å². The molecule has 0 aliphatic heterocycles. The van der Waals surface area contributed by atoms with Gasteiger partial charge in [-0.15, -0.1) is 0 Å². The molecule has 3 aromatic rings. The molecule has 188 valence electrons. The third-order valence-corrected chi connectivity index (χ3v) is 5.53. The van der Waals surface area contributed by atoms with Crippen LogP contribution < -0.4 is 4.90 Å². The number of alkyl halides is 8. The molecule has 1 atom stereocenters. The van der Waals surface area contributed by atoms with Crippen molar-refractivity contribution in [1.29, 1.82) is 0 Å². The molecule has 0 saturated heterocycles. The van der Waals surface area contributed by atoms with Crippen LogP contribution in [0.15, 0.2) is 78.9 Å². The van der Waals surface area contributed by atoms with Crippen LogP contribution in [0.3, 0.4) is 0 Å². The highest BCUT2D eigenvalue weighted by molar-refractivity contribution is 5.50. The molecular weight excluding hydrogens is 482 g/mol. The zero-order valence-corrected chi connectivity index (χ0v) is 18.3. The molecule has 35 heavy (non-hydrogen) atoms. The van der Waals surface area contributed by atoms with Crippen molar-refractivity contribution in [3.63, 3.8) is 0 Å². The second-order valence-electron chi connectivity index (χ2n) is 8.19. The van der Waals surface area contributed by atoms with Gasteiger partial charge in [0.15, 0.2) is 0 Å². The molecule has 0 fully saturated rings. The molecule has 0 radical (unpaired) electrons. The third kappa shape index (κ3) is 5.58. The summed E-state index contributed by atoms with van der Waals surface area (Å²) in [4.78, 5) is 1.10. The van der Waals surface area contributed by atoms with Gasteiger partial charge >= 0.3 is 18.3 Å². The van der Waals surface area contributed by atoms with E-state index >= 15 is 0 Å². The maximum absolute atomic E-state index is 14.1. The van der Waals surface area contributed by atoms with Crippen molar-refractivity contribution >= 4 is 5.69 Å². The quantitative estimate of drug-likeness (QED) is 0.348. The number of nitrogens with zero attached hydrogens (tertiary/aromatic N) is 1. The average Bonchev–Trinajstić information content (AvgIpc) is 2.78. The lowest BCUT2D eigenvalue weighted by Crippen LogP contribution is -2.51. The fourth-order valence-electron chi connectivity index (χ4n) is 3.65. The van der Waals surface area contributed by atoms with E-state index in [9.17, 15) is 40.2 Å². The Kier molecular flexibility index (Phi) is 7.17. The first-order chi connectivity index (χ1) is 16.1. The van der Waals surface area contributed by atoms with E-state index in [0.717, 1.165) is 23.1 Å². The molecule has 0 aliphatic carbocycles. The standard InChI is InChI=1S/C25H21F8NO/c1-17-7-5-12-21(13-17)34(16-22(35,24(28,29)30)19-9-3-2-4-10-19)15-18-8-6-11-20(14-18)23(26,27)25(31,32)33/h2-14,35H,15-16H2,1H3. The Bertz CT molecular complexity index is 1140. The van der Waals surface area contributed by atoms with Crippen LogP contribution >= 0.6 is 0 Å². The number of benzene rings is 3. The van der Waals surface area contributed by atoms with E-state index < -0.39 is 48.1 Å². The average molecular weight is 503 g/mol. The van der Waals surface area contributed by atoms with Crippen LogP contribution in [-0.4, -0.2) is 24.0 Å². The first kappa shape index (κ1) is 26.5. The fourth-order valence-corrected chi connectivity index (χ4v) is 3.65. The summed E-state index contributed by atoms with van der Waals surface area (Å²) < 4.78 is 109. The predicted molar refractivity (Wildman–Crippen MR) is 115 cm³/mol. The molecule has 3 aromatic carbocycles. The summed E-state index contributed by atoms with van der Waals surface area (Å²) in [6, 6.07) is 16.0. The molecule has 1 unspecified atom stereocenters. The Morgan fingerprint density at radius 3 is 1.86 bits per heavy atom. The number of aryl methyl sites for hydroxylation is 1. The number of rotatable bonds is 7. The number of aliphatic hydroxyl groups is 1. The zero-order chi connectivity index (χ0) is 26.1. The van der Waals surface area contributed by atoms with Crippen LogP contribution in [0.2, 0.25) is 0 Å². The minimum Gasteiger partial charge on any atom is -0.375 e. The van der Waals surface area contributed by atoms with E-state index in [1.165, 1.54) is 36.4 Å². The number of hydrogen-bond donors (Lipinski definition) is 1. The maximum atomic E-state index is 14.1. The van der Waals surface area contributed by atoms with Crippen molar-refractivity contribution in [2.24, 2.45) is 0 Å². The molecule has 0 spiro atoms.